The molecule has 7 nitrogen and oxygen atoms in total. The lowest BCUT2D eigenvalue weighted by Crippen LogP contribution is -2.21. The molecule has 0 bridgehead atoms. The maximum absolute atomic E-state index is 11.2. The molecule has 18 heavy (non-hydrogen) atoms. The molecule has 3 N–H and O–H groups in total. The predicted octanol–water partition coefficient (Wildman–Crippen LogP) is 0.257. The molecular weight excluding hydrogens is 232 g/mol. The van der Waals surface area contributed by atoms with Crippen molar-refractivity contribution in [2.24, 2.45) is 5.73 Å². The number of nitrogens with two attached hydrogens (primary N) is 1. The van der Waals surface area contributed by atoms with Crippen LogP contribution >= 0.6 is 0 Å². The van der Waals surface area contributed by atoms with E-state index in [1.54, 1.807) is 10.7 Å². The topological polar surface area (TPSA) is 98.7 Å². The molecule has 0 spiro atoms. The third kappa shape index (κ3) is 2.51. The lowest BCUT2D eigenvalue weighted by atomic mass is 10.2. The van der Waals surface area contributed by atoms with Crippen LogP contribution < -0.4 is 11.1 Å². The van der Waals surface area contributed by atoms with E-state index in [0.717, 1.165) is 5.56 Å². The number of benzene rings is 1. The van der Waals surface area contributed by atoms with Crippen LogP contribution in [0.15, 0.2) is 24.3 Å². The maximum Gasteiger partial charge on any atom is 0.238 e. The summed E-state index contributed by atoms with van der Waals surface area (Å²) >= 11 is 0. The van der Waals surface area contributed by atoms with Crippen molar-refractivity contribution < 1.29 is 4.79 Å². The number of hydrogen-bond acceptors (Lipinski definition) is 5. The Morgan fingerprint density at radius 3 is 3.06 bits per heavy atom. The smallest absolute Gasteiger partial charge is 0.238 e. The molecule has 0 saturated heterocycles. The minimum Gasteiger partial charge on any atom is -0.325 e. The summed E-state index contributed by atoms with van der Waals surface area (Å²) in [5.41, 5.74) is 6.77. The van der Waals surface area contributed by atoms with Crippen LogP contribution in [-0.2, 0) is 11.3 Å². The molecule has 1 amide bonds. The molecule has 2 aromatic rings. The number of rotatable bonds is 4. The van der Waals surface area contributed by atoms with Gasteiger partial charge in [-0.3, -0.25) is 4.79 Å². The first kappa shape index (κ1) is 12.2. The highest BCUT2D eigenvalue weighted by Crippen LogP contribution is 2.19. The zero-order chi connectivity index (χ0) is 13.0. The van der Waals surface area contributed by atoms with E-state index in [2.05, 4.69) is 20.8 Å². The van der Waals surface area contributed by atoms with E-state index in [9.17, 15) is 4.79 Å². The van der Waals surface area contributed by atoms with Crippen LogP contribution in [-0.4, -0.2) is 32.7 Å². The predicted molar refractivity (Wildman–Crippen MR) is 66.6 cm³/mol. The fourth-order valence-corrected chi connectivity index (χ4v) is 1.57. The molecule has 2 rings (SSSR count). The van der Waals surface area contributed by atoms with Gasteiger partial charge in [0.25, 0.3) is 0 Å². The molecule has 94 valence electrons. The largest absolute Gasteiger partial charge is 0.325 e. The molecule has 7 heteroatoms. The first-order chi connectivity index (χ1) is 8.74. The highest BCUT2D eigenvalue weighted by atomic mass is 16.1. The van der Waals surface area contributed by atoms with Gasteiger partial charge in [0.1, 0.15) is 0 Å². The quantitative estimate of drug-likeness (QED) is 0.806. The second-order valence-corrected chi connectivity index (χ2v) is 3.65. The number of nitrogens with zero attached hydrogens (tertiary/aromatic N) is 4. The van der Waals surface area contributed by atoms with E-state index in [4.69, 9.17) is 5.73 Å². The van der Waals surface area contributed by atoms with Crippen molar-refractivity contribution in [1.82, 2.24) is 20.2 Å². The van der Waals surface area contributed by atoms with E-state index in [1.807, 2.05) is 25.1 Å². The molecule has 0 unspecified atom stereocenters. The third-order valence-corrected chi connectivity index (χ3v) is 2.42. The number of anilines is 1. The average Bonchev–Trinajstić information content (AvgIpc) is 2.87. The highest BCUT2D eigenvalue weighted by Gasteiger charge is 2.08. The monoisotopic (exact) mass is 246 g/mol. The third-order valence-electron chi connectivity index (χ3n) is 2.42. The molecule has 0 aliphatic carbocycles. The number of aromatic nitrogens is 4. The Morgan fingerprint density at radius 1 is 1.50 bits per heavy atom. The van der Waals surface area contributed by atoms with Crippen molar-refractivity contribution in [2.75, 3.05) is 11.9 Å². The molecule has 1 aromatic carbocycles. The normalized spacial score (nSPS) is 10.3. The van der Waals surface area contributed by atoms with Gasteiger partial charge in [-0.05, 0) is 29.5 Å². The number of aryl methyl sites for hydroxylation is 1. The minimum atomic E-state index is -0.234. The van der Waals surface area contributed by atoms with E-state index in [0.29, 0.717) is 18.1 Å². The SMILES string of the molecule is CCn1nnnc1-c1cccc(NC(=O)CN)c1. The Morgan fingerprint density at radius 2 is 2.33 bits per heavy atom. The summed E-state index contributed by atoms with van der Waals surface area (Å²) in [5.74, 6) is 0.434. The second-order valence-electron chi connectivity index (χ2n) is 3.65. The maximum atomic E-state index is 11.2. The summed E-state index contributed by atoms with van der Waals surface area (Å²) < 4.78 is 1.68. The second kappa shape index (κ2) is 5.37. The van der Waals surface area contributed by atoms with E-state index < -0.39 is 0 Å². The Labute approximate surface area is 104 Å². The molecule has 0 atom stereocenters. The first-order valence-corrected chi connectivity index (χ1v) is 5.61. The molecule has 0 aliphatic heterocycles. The summed E-state index contributed by atoms with van der Waals surface area (Å²) in [7, 11) is 0. The van der Waals surface area contributed by atoms with Crippen molar-refractivity contribution in [3.05, 3.63) is 24.3 Å². The van der Waals surface area contributed by atoms with Gasteiger partial charge >= 0.3 is 0 Å². The van der Waals surface area contributed by atoms with Crippen molar-refractivity contribution in [1.29, 1.82) is 0 Å². The number of amides is 1. The number of nitrogens with one attached hydrogen (secondary N) is 1. The zero-order valence-corrected chi connectivity index (χ0v) is 10.00. The van der Waals surface area contributed by atoms with E-state index in [-0.39, 0.29) is 12.5 Å². The number of carbonyl (C=O) groups is 1. The van der Waals surface area contributed by atoms with Gasteiger partial charge in [0, 0.05) is 17.8 Å². The van der Waals surface area contributed by atoms with Crippen LogP contribution in [0.5, 0.6) is 0 Å². The van der Waals surface area contributed by atoms with Gasteiger partial charge in [-0.15, -0.1) is 5.10 Å². The summed E-state index contributed by atoms with van der Waals surface area (Å²) in [6.45, 7) is 2.60. The van der Waals surface area contributed by atoms with Gasteiger partial charge in [-0.1, -0.05) is 12.1 Å². The molecular formula is C11H14N6O. The Hall–Kier alpha value is -2.28. The number of tetrazole rings is 1. The van der Waals surface area contributed by atoms with Crippen LogP contribution in [0.4, 0.5) is 5.69 Å². The van der Waals surface area contributed by atoms with Crippen LogP contribution in [0.2, 0.25) is 0 Å². The van der Waals surface area contributed by atoms with Crippen LogP contribution in [0, 0.1) is 0 Å². The van der Waals surface area contributed by atoms with Gasteiger partial charge in [0.05, 0.1) is 6.54 Å². The molecule has 1 aromatic heterocycles. The van der Waals surface area contributed by atoms with Crippen molar-refractivity contribution in [3.8, 4) is 11.4 Å². The molecule has 0 fully saturated rings. The summed E-state index contributed by atoms with van der Waals surface area (Å²) in [6.07, 6.45) is 0. The fourth-order valence-electron chi connectivity index (χ4n) is 1.57. The van der Waals surface area contributed by atoms with E-state index >= 15 is 0 Å². The van der Waals surface area contributed by atoms with Gasteiger partial charge in [0.15, 0.2) is 5.82 Å². The van der Waals surface area contributed by atoms with Gasteiger partial charge in [-0.2, -0.15) is 0 Å². The number of carbonyl (C=O) groups excluding carboxylic acids is 1. The molecule has 0 radical (unpaired) electrons. The molecule has 0 aliphatic rings. The standard InChI is InChI=1S/C11H14N6O/c1-2-17-11(14-15-16-17)8-4-3-5-9(6-8)13-10(18)7-12/h3-6H,2,7,12H2,1H3,(H,13,18). The van der Waals surface area contributed by atoms with Crippen molar-refractivity contribution >= 4 is 11.6 Å². The van der Waals surface area contributed by atoms with Crippen LogP contribution in [0.3, 0.4) is 0 Å². The van der Waals surface area contributed by atoms with Gasteiger partial charge < -0.3 is 11.1 Å². The highest BCUT2D eigenvalue weighted by molar-refractivity contribution is 5.92. The summed E-state index contributed by atoms with van der Waals surface area (Å²) in [4.78, 5) is 11.2. The number of hydrogen-bond donors (Lipinski definition) is 2. The first-order valence-electron chi connectivity index (χ1n) is 5.61. The van der Waals surface area contributed by atoms with Gasteiger partial charge in [0.2, 0.25) is 5.91 Å². The van der Waals surface area contributed by atoms with E-state index in [1.165, 1.54) is 0 Å². The Bertz CT molecular complexity index is 550. The lowest BCUT2D eigenvalue weighted by molar-refractivity contribution is -0.114. The summed E-state index contributed by atoms with van der Waals surface area (Å²) in [6, 6.07) is 7.31. The lowest BCUT2D eigenvalue weighted by Gasteiger charge is -2.06. The summed E-state index contributed by atoms with van der Waals surface area (Å²) in [5, 5.41) is 14.1. The Kier molecular flexibility index (Phi) is 3.63. The fraction of sp³-hybridized carbons (Fsp3) is 0.273. The minimum absolute atomic E-state index is 0.0447. The van der Waals surface area contributed by atoms with Crippen molar-refractivity contribution in [2.45, 2.75) is 13.5 Å². The average molecular weight is 246 g/mol. The van der Waals surface area contributed by atoms with Crippen LogP contribution in [0.25, 0.3) is 11.4 Å². The van der Waals surface area contributed by atoms with Crippen molar-refractivity contribution in [3.63, 3.8) is 0 Å². The molecule has 0 saturated carbocycles. The Balaban J connectivity index is 2.30. The zero-order valence-electron chi connectivity index (χ0n) is 10.00. The molecule has 1 heterocycles. The van der Waals surface area contributed by atoms with Gasteiger partial charge in [-0.25, -0.2) is 4.68 Å². The van der Waals surface area contributed by atoms with Crippen LogP contribution in [0.1, 0.15) is 6.92 Å².